The summed E-state index contributed by atoms with van der Waals surface area (Å²) >= 11 is 0. The molecule has 2 aromatic rings. The number of halogens is 1. The van der Waals surface area contributed by atoms with Gasteiger partial charge < -0.3 is 29.4 Å². The Bertz CT molecular complexity index is 846. The van der Waals surface area contributed by atoms with E-state index in [0.717, 1.165) is 11.3 Å². The van der Waals surface area contributed by atoms with E-state index in [9.17, 15) is 0 Å². The predicted molar refractivity (Wildman–Crippen MR) is 135 cm³/mol. The molecule has 1 unspecified atom stereocenters. The zero-order valence-electron chi connectivity index (χ0n) is 19.8. The third-order valence-corrected chi connectivity index (χ3v) is 4.80. The van der Waals surface area contributed by atoms with E-state index in [1.165, 1.54) is 0 Å². The van der Waals surface area contributed by atoms with Crippen LogP contribution >= 0.6 is 24.0 Å². The Hall–Kier alpha value is -2.01. The first-order chi connectivity index (χ1) is 14.2. The minimum absolute atomic E-state index is 0. The summed E-state index contributed by atoms with van der Waals surface area (Å²) in [6.45, 7) is 7.40. The summed E-state index contributed by atoms with van der Waals surface area (Å²) < 4.78 is 16.6. The number of hydrogen-bond acceptors (Lipinski definition) is 6. The van der Waals surface area contributed by atoms with Gasteiger partial charge in [0.2, 0.25) is 5.89 Å². The van der Waals surface area contributed by atoms with E-state index in [1.54, 1.807) is 27.5 Å². The highest BCUT2D eigenvalue weighted by atomic mass is 127. The number of aliphatic imine (C=N–C) groups is 1. The highest BCUT2D eigenvalue weighted by molar-refractivity contribution is 14.0. The zero-order valence-corrected chi connectivity index (χ0v) is 22.1. The molecule has 0 amide bonds. The van der Waals surface area contributed by atoms with E-state index >= 15 is 0 Å². The zero-order chi connectivity index (χ0) is 22.3. The molecule has 2 N–H and O–H groups in total. The highest BCUT2D eigenvalue weighted by Crippen LogP contribution is 2.31. The molecule has 0 saturated heterocycles. The van der Waals surface area contributed by atoms with E-state index in [4.69, 9.17) is 13.9 Å². The molecule has 0 fully saturated rings. The fourth-order valence-corrected chi connectivity index (χ4v) is 2.97. The normalized spacial score (nSPS) is 12.9. The van der Waals surface area contributed by atoms with Crippen molar-refractivity contribution in [1.29, 1.82) is 0 Å². The van der Waals surface area contributed by atoms with Crippen molar-refractivity contribution < 1.29 is 13.9 Å². The molecule has 0 saturated carbocycles. The lowest BCUT2D eigenvalue weighted by Gasteiger charge is -2.26. The molecule has 1 aromatic carbocycles. The Labute approximate surface area is 202 Å². The van der Waals surface area contributed by atoms with Crippen LogP contribution in [0.15, 0.2) is 33.8 Å². The summed E-state index contributed by atoms with van der Waals surface area (Å²) in [6.07, 6.45) is 1.78. The third kappa shape index (κ3) is 7.57. The second-order valence-corrected chi connectivity index (χ2v) is 8.27. The average Bonchev–Trinajstić information content (AvgIpc) is 3.19. The van der Waals surface area contributed by atoms with Gasteiger partial charge in [-0.1, -0.05) is 26.8 Å². The molecule has 0 spiro atoms. The van der Waals surface area contributed by atoms with Gasteiger partial charge >= 0.3 is 0 Å². The molecule has 0 radical (unpaired) electrons. The van der Waals surface area contributed by atoms with Crippen molar-refractivity contribution >= 4 is 29.9 Å². The number of benzene rings is 1. The number of methoxy groups -OCH3 is 2. The van der Waals surface area contributed by atoms with Gasteiger partial charge in [-0.15, -0.1) is 24.0 Å². The number of hydrogen-bond donors (Lipinski definition) is 2. The SMILES string of the molecule is CN=C(NCc1ncc(C(C)(C)C)o1)NCC(c1ccc(OC)c(OC)c1)N(C)C.I. The van der Waals surface area contributed by atoms with Crippen molar-refractivity contribution in [1.82, 2.24) is 20.5 Å². The van der Waals surface area contributed by atoms with Gasteiger partial charge in [0.15, 0.2) is 17.5 Å². The number of likely N-dealkylation sites (N-methyl/N-ethyl adjacent to an activating group) is 1. The number of oxazole rings is 1. The maximum atomic E-state index is 5.83. The summed E-state index contributed by atoms with van der Waals surface area (Å²) in [6, 6.07) is 6.08. The van der Waals surface area contributed by atoms with Gasteiger partial charge in [0.25, 0.3) is 0 Å². The largest absolute Gasteiger partial charge is 0.493 e. The Kier molecular flexibility index (Phi) is 10.6. The predicted octanol–water partition coefficient (Wildman–Crippen LogP) is 3.58. The van der Waals surface area contributed by atoms with E-state index in [-0.39, 0.29) is 35.4 Å². The van der Waals surface area contributed by atoms with E-state index in [1.807, 2.05) is 32.3 Å². The van der Waals surface area contributed by atoms with Gasteiger partial charge in [-0.25, -0.2) is 4.98 Å². The lowest BCUT2D eigenvalue weighted by molar-refractivity contribution is 0.295. The van der Waals surface area contributed by atoms with E-state index < -0.39 is 0 Å². The second-order valence-electron chi connectivity index (χ2n) is 8.27. The lowest BCUT2D eigenvalue weighted by Crippen LogP contribution is -2.41. The first-order valence-electron chi connectivity index (χ1n) is 9.97. The molecular weight excluding hydrogens is 509 g/mol. The third-order valence-electron chi connectivity index (χ3n) is 4.80. The molecule has 2 rings (SSSR count). The van der Waals surface area contributed by atoms with Crippen LogP contribution in [0.1, 0.15) is 44.0 Å². The number of rotatable bonds is 8. The molecule has 9 heteroatoms. The fourth-order valence-electron chi connectivity index (χ4n) is 2.97. The van der Waals surface area contributed by atoms with Crippen molar-refractivity contribution in [3.05, 3.63) is 41.6 Å². The molecule has 0 aliphatic carbocycles. The van der Waals surface area contributed by atoms with Crippen LogP contribution in [-0.4, -0.2) is 57.8 Å². The maximum absolute atomic E-state index is 5.83. The first kappa shape index (κ1) is 27.0. The molecule has 8 nitrogen and oxygen atoms in total. The summed E-state index contributed by atoms with van der Waals surface area (Å²) in [5.74, 6) is 3.60. The van der Waals surface area contributed by atoms with Crippen LogP contribution in [0.4, 0.5) is 0 Å². The molecular formula is C22H36IN5O3. The smallest absolute Gasteiger partial charge is 0.213 e. The molecule has 174 valence electrons. The van der Waals surface area contributed by atoms with Crippen molar-refractivity contribution in [3.63, 3.8) is 0 Å². The molecule has 1 aromatic heterocycles. The Balaban J connectivity index is 0.00000480. The molecule has 31 heavy (non-hydrogen) atoms. The summed E-state index contributed by atoms with van der Waals surface area (Å²) in [5, 5.41) is 6.63. The van der Waals surface area contributed by atoms with Crippen molar-refractivity contribution in [2.45, 2.75) is 38.8 Å². The summed E-state index contributed by atoms with van der Waals surface area (Å²) in [4.78, 5) is 10.8. The van der Waals surface area contributed by atoms with Crippen LogP contribution in [0.25, 0.3) is 0 Å². The van der Waals surface area contributed by atoms with Crippen molar-refractivity contribution in [2.24, 2.45) is 4.99 Å². The van der Waals surface area contributed by atoms with Crippen LogP contribution in [0.3, 0.4) is 0 Å². The van der Waals surface area contributed by atoms with Crippen molar-refractivity contribution in [2.75, 3.05) is 41.9 Å². The summed E-state index contributed by atoms with van der Waals surface area (Å²) in [7, 11) is 9.10. The quantitative estimate of drug-likeness (QED) is 0.298. The van der Waals surface area contributed by atoms with Gasteiger partial charge in [-0.3, -0.25) is 4.99 Å². The van der Waals surface area contributed by atoms with Crippen LogP contribution < -0.4 is 20.1 Å². The molecule has 0 aliphatic heterocycles. The van der Waals surface area contributed by atoms with E-state index in [2.05, 4.69) is 46.3 Å². The topological polar surface area (TPSA) is 84.2 Å². The molecule has 1 heterocycles. The van der Waals surface area contributed by atoms with Gasteiger partial charge in [0.1, 0.15) is 5.76 Å². The monoisotopic (exact) mass is 545 g/mol. The minimum atomic E-state index is -0.0659. The highest BCUT2D eigenvalue weighted by Gasteiger charge is 2.20. The van der Waals surface area contributed by atoms with Crippen LogP contribution in [0.5, 0.6) is 11.5 Å². The Morgan fingerprint density at radius 2 is 1.84 bits per heavy atom. The lowest BCUT2D eigenvalue weighted by atomic mass is 9.94. The van der Waals surface area contributed by atoms with Crippen LogP contribution in [-0.2, 0) is 12.0 Å². The maximum Gasteiger partial charge on any atom is 0.213 e. The summed E-state index contributed by atoms with van der Waals surface area (Å²) in [5.41, 5.74) is 1.05. The Morgan fingerprint density at radius 3 is 2.35 bits per heavy atom. The molecule has 1 atom stereocenters. The van der Waals surface area contributed by atoms with Gasteiger partial charge in [-0.2, -0.15) is 0 Å². The Morgan fingerprint density at radius 1 is 1.16 bits per heavy atom. The number of nitrogens with one attached hydrogen (secondary N) is 2. The van der Waals surface area contributed by atoms with Crippen molar-refractivity contribution in [3.8, 4) is 11.5 Å². The molecule has 0 aliphatic rings. The van der Waals surface area contributed by atoms with Crippen LogP contribution in [0.2, 0.25) is 0 Å². The minimum Gasteiger partial charge on any atom is -0.493 e. The first-order valence-corrected chi connectivity index (χ1v) is 9.97. The number of nitrogens with zero attached hydrogens (tertiary/aromatic N) is 3. The van der Waals surface area contributed by atoms with Gasteiger partial charge in [0, 0.05) is 19.0 Å². The number of ether oxygens (including phenoxy) is 2. The van der Waals surface area contributed by atoms with Gasteiger partial charge in [-0.05, 0) is 31.8 Å². The fraction of sp³-hybridized carbons (Fsp3) is 0.545. The molecule has 0 bridgehead atoms. The van der Waals surface area contributed by atoms with Crippen LogP contribution in [0, 0.1) is 0 Å². The average molecular weight is 545 g/mol. The number of aromatic nitrogens is 1. The second kappa shape index (κ2) is 12.1. The van der Waals surface area contributed by atoms with E-state index in [0.29, 0.717) is 36.4 Å². The number of guanidine groups is 1. The van der Waals surface area contributed by atoms with Gasteiger partial charge in [0.05, 0.1) is 33.0 Å². The standard InChI is InChI=1S/C22H35N5O3.HI/c1-22(2,3)19-13-24-20(30-19)14-26-21(23-4)25-12-16(27(5)6)15-9-10-17(28-7)18(11-15)29-8;/h9-11,13,16H,12,14H2,1-8H3,(H2,23,25,26);1H.